The van der Waals surface area contributed by atoms with Gasteiger partial charge in [-0.2, -0.15) is 0 Å². The van der Waals surface area contributed by atoms with Crippen molar-refractivity contribution >= 4 is 16.7 Å². The van der Waals surface area contributed by atoms with Crippen LogP contribution < -0.4 is 10.5 Å². The van der Waals surface area contributed by atoms with E-state index in [2.05, 4.69) is 9.97 Å². The minimum absolute atomic E-state index is 0.0644. The molecule has 0 spiro atoms. The number of benzene rings is 1. The number of aromatic nitrogens is 2. The summed E-state index contributed by atoms with van der Waals surface area (Å²) >= 11 is 0. The smallest absolute Gasteiger partial charge is 0.199 e. The van der Waals surface area contributed by atoms with E-state index in [1.807, 2.05) is 20.8 Å². The van der Waals surface area contributed by atoms with Crippen LogP contribution in [0.5, 0.6) is 11.5 Å². The summed E-state index contributed by atoms with van der Waals surface area (Å²) in [6.07, 6.45) is 0. The fourth-order valence-electron chi connectivity index (χ4n) is 2.03. The van der Waals surface area contributed by atoms with Crippen LogP contribution in [0, 0.1) is 12.7 Å². The summed E-state index contributed by atoms with van der Waals surface area (Å²) in [4.78, 5) is 8.48. The molecule has 0 saturated carbocycles. The van der Waals surface area contributed by atoms with Crippen molar-refractivity contribution in [1.29, 1.82) is 0 Å². The molecule has 1 aromatic heterocycles. The second kappa shape index (κ2) is 4.47. The van der Waals surface area contributed by atoms with Crippen molar-refractivity contribution in [2.24, 2.45) is 0 Å². The number of nitrogens with zero attached hydrogens (tertiary/aromatic N) is 2. The minimum Gasteiger partial charge on any atom is -0.504 e. The zero-order chi connectivity index (χ0) is 15.2. The fraction of sp³-hybridized carbons (Fsp3) is 0.429. The topological polar surface area (TPSA) is 81.3 Å². The maximum Gasteiger partial charge on any atom is 0.199 e. The molecule has 3 N–H and O–H groups in total. The third kappa shape index (κ3) is 2.01. The van der Waals surface area contributed by atoms with Crippen LogP contribution in [-0.4, -0.2) is 22.2 Å². The molecule has 0 radical (unpaired) electrons. The number of rotatable bonds is 1. The van der Waals surface area contributed by atoms with E-state index in [1.165, 1.54) is 7.11 Å². The van der Waals surface area contributed by atoms with E-state index >= 15 is 0 Å². The summed E-state index contributed by atoms with van der Waals surface area (Å²) < 4.78 is 19.3. The number of phenolic OH excluding ortho intramolecular Hbond substituents is 1. The number of nitrogen functional groups attached to an aromatic ring is 1. The monoisotopic (exact) mass is 279 g/mol. The molecule has 0 aliphatic heterocycles. The Balaban J connectivity index is 2.97. The first-order chi connectivity index (χ1) is 9.18. The maximum atomic E-state index is 14.4. The number of methoxy groups -OCH3 is 1. The van der Waals surface area contributed by atoms with Crippen LogP contribution in [0.4, 0.5) is 10.2 Å². The van der Waals surface area contributed by atoms with Gasteiger partial charge in [0.05, 0.1) is 12.5 Å². The van der Waals surface area contributed by atoms with Crippen molar-refractivity contribution in [2.45, 2.75) is 33.1 Å². The average molecular weight is 279 g/mol. The predicted octanol–water partition coefficient (Wildman–Crippen LogP) is 2.67. The van der Waals surface area contributed by atoms with E-state index in [0.717, 1.165) is 0 Å². The zero-order valence-corrected chi connectivity index (χ0v) is 12.2. The Labute approximate surface area is 116 Å². The van der Waals surface area contributed by atoms with Crippen molar-refractivity contribution in [3.63, 3.8) is 0 Å². The summed E-state index contributed by atoms with van der Waals surface area (Å²) in [5, 5.41) is 10.3. The number of hydrogen-bond donors (Lipinski definition) is 2. The number of fused-ring (bicyclic) bond motifs is 1. The summed E-state index contributed by atoms with van der Waals surface area (Å²) in [5.41, 5.74) is 6.01. The molecule has 2 rings (SSSR count). The molecule has 0 saturated heterocycles. The van der Waals surface area contributed by atoms with Gasteiger partial charge in [-0.1, -0.05) is 20.8 Å². The highest BCUT2D eigenvalue weighted by atomic mass is 19.1. The lowest BCUT2D eigenvalue weighted by Crippen LogP contribution is -2.17. The maximum absolute atomic E-state index is 14.4. The molecule has 0 fully saturated rings. The average Bonchev–Trinajstić information content (AvgIpc) is 2.35. The summed E-state index contributed by atoms with van der Waals surface area (Å²) in [6, 6.07) is 0. The van der Waals surface area contributed by atoms with E-state index in [9.17, 15) is 9.50 Å². The van der Waals surface area contributed by atoms with Crippen molar-refractivity contribution in [1.82, 2.24) is 9.97 Å². The van der Waals surface area contributed by atoms with Crippen LogP contribution in [0.3, 0.4) is 0 Å². The highest BCUT2D eigenvalue weighted by molar-refractivity contribution is 5.94. The first-order valence-electron chi connectivity index (χ1n) is 6.21. The van der Waals surface area contributed by atoms with Crippen molar-refractivity contribution in [2.75, 3.05) is 12.8 Å². The lowest BCUT2D eigenvalue weighted by Gasteiger charge is -2.19. The third-order valence-corrected chi connectivity index (χ3v) is 3.16. The van der Waals surface area contributed by atoms with Gasteiger partial charge >= 0.3 is 0 Å². The van der Waals surface area contributed by atoms with Gasteiger partial charge in [0.15, 0.2) is 17.3 Å². The second-order valence-electron chi connectivity index (χ2n) is 5.73. The summed E-state index contributed by atoms with van der Waals surface area (Å²) in [7, 11) is 1.29. The SMILES string of the molecule is COc1c(O)c(C)c2c(N)nc(C(C)(C)C)nc2c1F. The van der Waals surface area contributed by atoms with Gasteiger partial charge in [-0.15, -0.1) is 0 Å². The largest absolute Gasteiger partial charge is 0.504 e. The van der Waals surface area contributed by atoms with Crippen LogP contribution in [0.15, 0.2) is 0 Å². The van der Waals surface area contributed by atoms with Gasteiger partial charge in [-0.05, 0) is 6.92 Å². The van der Waals surface area contributed by atoms with Crippen LogP contribution in [-0.2, 0) is 5.41 Å². The van der Waals surface area contributed by atoms with Gasteiger partial charge in [0.2, 0.25) is 0 Å². The molecule has 0 amide bonds. The van der Waals surface area contributed by atoms with Crippen LogP contribution in [0.25, 0.3) is 10.9 Å². The number of ether oxygens (including phenoxy) is 1. The Morgan fingerprint density at radius 2 is 1.85 bits per heavy atom. The standard InChI is InChI=1S/C14H18FN3O2/c1-6-7-9(8(15)11(20-5)10(6)19)17-13(14(2,3)4)18-12(7)16/h19H,1-5H3,(H2,16,17,18). The molecule has 6 heteroatoms. The Bertz CT molecular complexity index is 693. The lowest BCUT2D eigenvalue weighted by atomic mass is 9.95. The lowest BCUT2D eigenvalue weighted by molar-refractivity contribution is 0.351. The molecule has 1 aromatic carbocycles. The molecule has 108 valence electrons. The van der Waals surface area contributed by atoms with E-state index in [1.54, 1.807) is 6.92 Å². The third-order valence-electron chi connectivity index (χ3n) is 3.16. The number of aryl methyl sites for hydroxylation is 1. The Hall–Kier alpha value is -2.11. The molecule has 0 unspecified atom stereocenters. The molecular weight excluding hydrogens is 261 g/mol. The molecule has 0 bridgehead atoms. The van der Waals surface area contributed by atoms with Gasteiger partial charge < -0.3 is 15.6 Å². The van der Waals surface area contributed by atoms with Gasteiger partial charge in [0.1, 0.15) is 17.2 Å². The van der Waals surface area contributed by atoms with Crippen LogP contribution >= 0.6 is 0 Å². The number of aromatic hydroxyl groups is 1. The summed E-state index contributed by atoms with van der Waals surface area (Å²) in [6.45, 7) is 7.36. The Kier molecular flexibility index (Phi) is 3.20. The van der Waals surface area contributed by atoms with Crippen LogP contribution in [0.2, 0.25) is 0 Å². The molecule has 0 atom stereocenters. The molecule has 0 aliphatic carbocycles. The number of nitrogens with two attached hydrogens (primary N) is 1. The van der Waals surface area contributed by atoms with E-state index in [0.29, 0.717) is 16.8 Å². The first-order valence-corrected chi connectivity index (χ1v) is 6.21. The Morgan fingerprint density at radius 1 is 1.25 bits per heavy atom. The fourth-order valence-corrected chi connectivity index (χ4v) is 2.03. The number of halogens is 1. The minimum atomic E-state index is -0.731. The molecule has 0 aliphatic rings. The number of hydrogen-bond acceptors (Lipinski definition) is 5. The molecule has 2 aromatic rings. The highest BCUT2D eigenvalue weighted by Gasteiger charge is 2.25. The summed E-state index contributed by atoms with van der Waals surface area (Å²) in [5.74, 6) is -0.655. The molecular formula is C14H18FN3O2. The van der Waals surface area contributed by atoms with Crippen LogP contribution in [0.1, 0.15) is 32.2 Å². The van der Waals surface area contributed by atoms with Gasteiger partial charge in [-0.25, -0.2) is 14.4 Å². The van der Waals surface area contributed by atoms with Crippen molar-refractivity contribution in [3.8, 4) is 11.5 Å². The zero-order valence-electron chi connectivity index (χ0n) is 12.2. The number of anilines is 1. The second-order valence-corrected chi connectivity index (χ2v) is 5.73. The van der Waals surface area contributed by atoms with Crippen molar-refractivity contribution < 1.29 is 14.2 Å². The quantitative estimate of drug-likeness (QED) is 0.838. The van der Waals surface area contributed by atoms with Gasteiger partial charge in [-0.3, -0.25) is 0 Å². The van der Waals surface area contributed by atoms with Crippen molar-refractivity contribution in [3.05, 3.63) is 17.2 Å². The van der Waals surface area contributed by atoms with E-state index in [4.69, 9.17) is 10.5 Å². The normalized spacial score (nSPS) is 11.9. The predicted molar refractivity (Wildman–Crippen MR) is 75.6 cm³/mol. The number of phenols is 1. The van der Waals surface area contributed by atoms with Gasteiger partial charge in [0, 0.05) is 11.0 Å². The molecule has 20 heavy (non-hydrogen) atoms. The molecule has 5 nitrogen and oxygen atoms in total. The van der Waals surface area contributed by atoms with E-state index < -0.39 is 5.82 Å². The van der Waals surface area contributed by atoms with Gasteiger partial charge in [0.25, 0.3) is 0 Å². The molecule has 1 heterocycles. The highest BCUT2D eigenvalue weighted by Crippen LogP contribution is 2.40. The first kappa shape index (κ1) is 14.3. The Morgan fingerprint density at radius 3 is 2.35 bits per heavy atom. The van der Waals surface area contributed by atoms with E-state index in [-0.39, 0.29) is 28.2 Å².